The summed E-state index contributed by atoms with van der Waals surface area (Å²) in [5.41, 5.74) is 1.74. The van der Waals surface area contributed by atoms with Crippen molar-refractivity contribution in [3.8, 4) is 6.07 Å². The first-order valence-corrected chi connectivity index (χ1v) is 6.74. The van der Waals surface area contributed by atoms with Gasteiger partial charge in [-0.2, -0.15) is 5.26 Å². The van der Waals surface area contributed by atoms with E-state index < -0.39 is 0 Å². The van der Waals surface area contributed by atoms with Crippen molar-refractivity contribution in [3.05, 3.63) is 64.4 Å². The molecule has 4 heteroatoms. The average Bonchev–Trinajstić information content (AvgIpc) is 2.47. The summed E-state index contributed by atoms with van der Waals surface area (Å²) < 4.78 is 13.9. The molecule has 0 bridgehead atoms. The van der Waals surface area contributed by atoms with Crippen LogP contribution in [0.3, 0.4) is 0 Å². The van der Waals surface area contributed by atoms with Gasteiger partial charge in [-0.15, -0.1) is 0 Å². The Hall–Kier alpha value is -2.05. The molecular weight excluding hydrogens is 275 g/mol. The Balaban J connectivity index is 2.32. The molecule has 20 heavy (non-hydrogen) atoms. The van der Waals surface area contributed by atoms with Gasteiger partial charge in [-0.1, -0.05) is 36.7 Å². The fraction of sp³-hybridized carbons (Fsp3) is 0.188. The van der Waals surface area contributed by atoms with Gasteiger partial charge in [0.15, 0.2) is 0 Å². The number of nitriles is 1. The molecule has 0 spiro atoms. The Labute approximate surface area is 122 Å². The highest BCUT2D eigenvalue weighted by atomic mass is 35.5. The Morgan fingerprint density at radius 2 is 2.05 bits per heavy atom. The maximum Gasteiger partial charge on any atom is 0.128 e. The van der Waals surface area contributed by atoms with Crippen molar-refractivity contribution in [1.29, 1.82) is 5.26 Å². The summed E-state index contributed by atoms with van der Waals surface area (Å²) >= 11 is 6.12. The molecule has 2 rings (SSSR count). The van der Waals surface area contributed by atoms with Crippen molar-refractivity contribution in [2.75, 3.05) is 5.32 Å². The van der Waals surface area contributed by atoms with Gasteiger partial charge in [0, 0.05) is 5.56 Å². The molecule has 102 valence electrons. The fourth-order valence-corrected chi connectivity index (χ4v) is 2.22. The van der Waals surface area contributed by atoms with Gasteiger partial charge in [0.05, 0.1) is 28.4 Å². The van der Waals surface area contributed by atoms with Crippen LogP contribution in [0.1, 0.15) is 30.5 Å². The first-order valence-electron chi connectivity index (χ1n) is 6.36. The molecule has 0 amide bonds. The number of benzene rings is 2. The largest absolute Gasteiger partial charge is 0.377 e. The van der Waals surface area contributed by atoms with Crippen LogP contribution >= 0.6 is 11.6 Å². The molecule has 0 fully saturated rings. The molecule has 0 radical (unpaired) electrons. The lowest BCUT2D eigenvalue weighted by molar-refractivity contribution is 0.587. The molecule has 1 unspecified atom stereocenters. The van der Waals surface area contributed by atoms with E-state index in [0.717, 1.165) is 0 Å². The number of anilines is 1. The number of nitrogens with zero attached hydrogens (tertiary/aromatic N) is 1. The topological polar surface area (TPSA) is 35.8 Å². The quantitative estimate of drug-likeness (QED) is 0.867. The summed E-state index contributed by atoms with van der Waals surface area (Å²) in [4.78, 5) is 0. The van der Waals surface area contributed by atoms with Crippen LogP contribution in [0.2, 0.25) is 5.02 Å². The Morgan fingerprint density at radius 3 is 2.70 bits per heavy atom. The number of nitrogens with one attached hydrogen (secondary N) is 1. The van der Waals surface area contributed by atoms with Crippen molar-refractivity contribution < 1.29 is 4.39 Å². The van der Waals surface area contributed by atoms with Gasteiger partial charge in [-0.3, -0.25) is 0 Å². The maximum absolute atomic E-state index is 13.9. The van der Waals surface area contributed by atoms with Gasteiger partial charge in [-0.05, 0) is 30.7 Å². The summed E-state index contributed by atoms with van der Waals surface area (Å²) in [6.07, 6.45) is 0.702. The molecule has 1 N–H and O–H groups in total. The van der Waals surface area contributed by atoms with E-state index in [1.54, 1.807) is 36.4 Å². The monoisotopic (exact) mass is 288 g/mol. The maximum atomic E-state index is 13.9. The third-order valence-corrected chi connectivity index (χ3v) is 3.44. The predicted octanol–water partition coefficient (Wildman–Crippen LogP) is 4.91. The van der Waals surface area contributed by atoms with Crippen LogP contribution in [0, 0.1) is 17.1 Å². The lowest BCUT2D eigenvalue weighted by Crippen LogP contribution is -2.11. The Kier molecular flexibility index (Phi) is 4.60. The lowest BCUT2D eigenvalue weighted by Gasteiger charge is -2.20. The van der Waals surface area contributed by atoms with Crippen molar-refractivity contribution in [3.63, 3.8) is 0 Å². The summed E-state index contributed by atoms with van der Waals surface area (Å²) in [5, 5.41) is 12.6. The standard InChI is InChI=1S/C16H14ClFN2/c1-2-15(12-5-3-4-6-14(12)18)20-16-9-11(10-19)7-8-13(16)17/h3-9,15,20H,2H2,1H3. The van der Waals surface area contributed by atoms with E-state index in [9.17, 15) is 4.39 Å². The Morgan fingerprint density at radius 1 is 1.30 bits per heavy atom. The van der Waals surface area contributed by atoms with Gasteiger partial charge in [-0.25, -0.2) is 4.39 Å². The second-order valence-electron chi connectivity index (χ2n) is 4.43. The minimum atomic E-state index is -0.251. The Bertz CT molecular complexity index is 649. The van der Waals surface area contributed by atoms with Crippen LogP contribution in [0.15, 0.2) is 42.5 Å². The van der Waals surface area contributed by atoms with Crippen molar-refractivity contribution in [1.82, 2.24) is 0 Å². The summed E-state index contributed by atoms with van der Waals surface area (Å²) in [6.45, 7) is 1.96. The number of halogens is 2. The molecule has 0 heterocycles. The predicted molar refractivity (Wildman–Crippen MR) is 79.2 cm³/mol. The molecule has 0 aliphatic carbocycles. The first-order chi connectivity index (χ1) is 9.65. The van der Waals surface area contributed by atoms with E-state index in [1.165, 1.54) is 6.07 Å². The van der Waals surface area contributed by atoms with Gasteiger partial charge in [0.25, 0.3) is 0 Å². The van der Waals surface area contributed by atoms with Gasteiger partial charge in [0.1, 0.15) is 5.82 Å². The van der Waals surface area contributed by atoms with E-state index in [2.05, 4.69) is 11.4 Å². The zero-order valence-corrected chi connectivity index (χ0v) is 11.8. The fourth-order valence-electron chi connectivity index (χ4n) is 2.05. The molecule has 2 aromatic rings. The number of hydrogen-bond donors (Lipinski definition) is 1. The van der Waals surface area contributed by atoms with Crippen LogP contribution in [-0.2, 0) is 0 Å². The molecule has 1 atom stereocenters. The molecule has 0 saturated heterocycles. The van der Waals surface area contributed by atoms with E-state index >= 15 is 0 Å². The van der Waals surface area contributed by atoms with E-state index in [0.29, 0.717) is 28.3 Å². The highest BCUT2D eigenvalue weighted by Crippen LogP contribution is 2.29. The second kappa shape index (κ2) is 6.40. The summed E-state index contributed by atoms with van der Waals surface area (Å²) in [7, 11) is 0. The molecular formula is C16H14ClFN2. The highest BCUT2D eigenvalue weighted by Gasteiger charge is 2.14. The van der Waals surface area contributed by atoms with E-state index in [-0.39, 0.29) is 11.9 Å². The van der Waals surface area contributed by atoms with E-state index in [1.807, 2.05) is 6.92 Å². The third-order valence-electron chi connectivity index (χ3n) is 3.11. The number of rotatable bonds is 4. The van der Waals surface area contributed by atoms with Crippen molar-refractivity contribution in [2.45, 2.75) is 19.4 Å². The molecule has 0 saturated carbocycles. The normalized spacial score (nSPS) is 11.7. The summed E-state index contributed by atoms with van der Waals surface area (Å²) in [6, 6.07) is 13.5. The van der Waals surface area contributed by atoms with Crippen LogP contribution in [0.25, 0.3) is 0 Å². The van der Waals surface area contributed by atoms with Crippen LogP contribution in [0.4, 0.5) is 10.1 Å². The second-order valence-corrected chi connectivity index (χ2v) is 4.84. The zero-order valence-electron chi connectivity index (χ0n) is 11.0. The molecule has 2 nitrogen and oxygen atoms in total. The van der Waals surface area contributed by atoms with E-state index in [4.69, 9.17) is 16.9 Å². The van der Waals surface area contributed by atoms with Gasteiger partial charge >= 0.3 is 0 Å². The van der Waals surface area contributed by atoms with Crippen molar-refractivity contribution >= 4 is 17.3 Å². The molecule has 0 aromatic heterocycles. The minimum Gasteiger partial charge on any atom is -0.377 e. The zero-order chi connectivity index (χ0) is 14.5. The summed E-state index contributed by atoms with van der Waals surface area (Å²) in [5.74, 6) is -0.251. The first kappa shape index (κ1) is 14.4. The van der Waals surface area contributed by atoms with Crippen LogP contribution in [0.5, 0.6) is 0 Å². The number of hydrogen-bond acceptors (Lipinski definition) is 2. The molecule has 2 aromatic carbocycles. The van der Waals surface area contributed by atoms with Crippen molar-refractivity contribution in [2.24, 2.45) is 0 Å². The van der Waals surface area contributed by atoms with Crippen LogP contribution in [-0.4, -0.2) is 0 Å². The van der Waals surface area contributed by atoms with Gasteiger partial charge < -0.3 is 5.32 Å². The SMILES string of the molecule is CCC(Nc1cc(C#N)ccc1Cl)c1ccccc1F. The molecule has 0 aliphatic rings. The van der Waals surface area contributed by atoms with Gasteiger partial charge in [0.2, 0.25) is 0 Å². The lowest BCUT2D eigenvalue weighted by atomic mass is 10.0. The molecule has 0 aliphatic heterocycles. The van der Waals surface area contributed by atoms with Crippen LogP contribution < -0.4 is 5.32 Å². The smallest absolute Gasteiger partial charge is 0.128 e. The third kappa shape index (κ3) is 3.09. The highest BCUT2D eigenvalue weighted by molar-refractivity contribution is 6.33. The average molecular weight is 289 g/mol. The minimum absolute atomic E-state index is 0.192.